The molecular weight excluding hydrogens is 183 g/mol. The molecule has 1 aliphatic rings. The summed E-state index contributed by atoms with van der Waals surface area (Å²) in [6, 6.07) is 0. The molecule has 1 saturated heterocycles. The van der Waals surface area contributed by atoms with E-state index in [4.69, 9.17) is 0 Å². The van der Waals surface area contributed by atoms with Crippen molar-refractivity contribution in [1.29, 1.82) is 0 Å². The van der Waals surface area contributed by atoms with Crippen molar-refractivity contribution in [2.45, 2.75) is 22.9 Å². The zero-order chi connectivity index (χ0) is 5.98. The van der Waals surface area contributed by atoms with Crippen LogP contribution in [0.4, 0.5) is 0 Å². The molecule has 1 fully saturated rings. The molecule has 0 amide bonds. The van der Waals surface area contributed by atoms with Crippen molar-refractivity contribution >= 4 is 27.8 Å². The molecule has 2 atom stereocenters. The van der Waals surface area contributed by atoms with E-state index in [0.717, 1.165) is 16.5 Å². The van der Waals surface area contributed by atoms with Gasteiger partial charge >= 0.3 is 63.4 Å². The Hall–Kier alpha value is 0.869. The number of thioether (sulfide) groups is 1. The van der Waals surface area contributed by atoms with E-state index in [2.05, 4.69) is 34.7 Å². The second-order valence-electron chi connectivity index (χ2n) is 2.13. The van der Waals surface area contributed by atoms with Gasteiger partial charge in [0.25, 0.3) is 0 Å². The van der Waals surface area contributed by atoms with Gasteiger partial charge in [0.15, 0.2) is 0 Å². The predicted molar refractivity (Wildman–Crippen MR) is 41.7 cm³/mol. The minimum absolute atomic E-state index is 0.794. The molecule has 2 unspecified atom stereocenters. The van der Waals surface area contributed by atoms with Gasteiger partial charge in [0, 0.05) is 0 Å². The SMILES string of the molecule is [CH2]CC([SeH])CC1CS1. The Morgan fingerprint density at radius 1 is 1.88 bits per heavy atom. The zero-order valence-electron chi connectivity index (χ0n) is 4.84. The molecule has 1 heterocycles. The Morgan fingerprint density at radius 2 is 2.50 bits per heavy atom. The first-order chi connectivity index (χ1) is 3.83. The minimum atomic E-state index is 0.794. The normalized spacial score (nSPS) is 30.0. The van der Waals surface area contributed by atoms with Crippen molar-refractivity contribution in [3.63, 3.8) is 0 Å². The Kier molecular flexibility index (Phi) is 2.74. The third-order valence-corrected chi connectivity index (χ3v) is 3.25. The van der Waals surface area contributed by atoms with E-state index in [1.54, 1.807) is 0 Å². The molecule has 8 heavy (non-hydrogen) atoms. The maximum absolute atomic E-state index is 3.84. The third-order valence-electron chi connectivity index (χ3n) is 1.27. The van der Waals surface area contributed by atoms with Crippen LogP contribution in [0.5, 0.6) is 0 Å². The average molecular weight is 194 g/mol. The fourth-order valence-corrected chi connectivity index (χ4v) is 2.11. The van der Waals surface area contributed by atoms with E-state index in [0.29, 0.717) is 0 Å². The monoisotopic (exact) mass is 195 g/mol. The van der Waals surface area contributed by atoms with Gasteiger partial charge in [-0.15, -0.1) is 0 Å². The van der Waals surface area contributed by atoms with Gasteiger partial charge in [0.05, 0.1) is 0 Å². The molecule has 0 aliphatic carbocycles. The number of hydrogen-bond acceptors (Lipinski definition) is 1. The summed E-state index contributed by atoms with van der Waals surface area (Å²) in [4.78, 5) is 0.794. The molecule has 0 nitrogen and oxygen atoms in total. The van der Waals surface area contributed by atoms with Crippen molar-refractivity contribution < 1.29 is 0 Å². The number of hydrogen-bond donors (Lipinski definition) is 0. The van der Waals surface area contributed by atoms with Crippen LogP contribution in [-0.4, -0.2) is 27.0 Å². The van der Waals surface area contributed by atoms with Crippen LogP contribution in [0.1, 0.15) is 12.8 Å². The topological polar surface area (TPSA) is 0 Å². The van der Waals surface area contributed by atoms with Crippen LogP contribution in [0.3, 0.4) is 0 Å². The van der Waals surface area contributed by atoms with E-state index in [1.165, 1.54) is 12.2 Å². The zero-order valence-corrected chi connectivity index (χ0v) is 7.53. The summed E-state index contributed by atoms with van der Waals surface area (Å²) in [5.41, 5.74) is 0. The molecule has 47 valence electrons. The molecular formula is C6H11SSe. The summed E-state index contributed by atoms with van der Waals surface area (Å²) in [5.74, 6) is 1.40. The average Bonchev–Trinajstić information content (AvgIpc) is 2.50. The van der Waals surface area contributed by atoms with Gasteiger partial charge < -0.3 is 0 Å². The van der Waals surface area contributed by atoms with Crippen molar-refractivity contribution in [1.82, 2.24) is 0 Å². The van der Waals surface area contributed by atoms with Crippen molar-refractivity contribution in [3.05, 3.63) is 6.92 Å². The Balaban J connectivity index is 1.98. The van der Waals surface area contributed by atoms with Crippen LogP contribution in [-0.2, 0) is 0 Å². The first-order valence-electron chi connectivity index (χ1n) is 2.92. The summed E-state index contributed by atoms with van der Waals surface area (Å²) in [6.07, 6.45) is 2.45. The van der Waals surface area contributed by atoms with Gasteiger partial charge in [-0.25, -0.2) is 0 Å². The van der Waals surface area contributed by atoms with E-state index in [1.807, 2.05) is 0 Å². The summed E-state index contributed by atoms with van der Waals surface area (Å²) in [6.45, 7) is 3.84. The fourth-order valence-electron chi connectivity index (χ4n) is 0.625. The van der Waals surface area contributed by atoms with Gasteiger partial charge in [-0.05, 0) is 0 Å². The predicted octanol–water partition coefficient (Wildman–Crippen LogP) is 1.41. The van der Waals surface area contributed by atoms with Crippen molar-refractivity contribution in [2.24, 2.45) is 0 Å². The molecule has 0 N–H and O–H groups in total. The van der Waals surface area contributed by atoms with Crippen LogP contribution in [0, 0.1) is 6.92 Å². The van der Waals surface area contributed by atoms with Gasteiger partial charge in [-0.2, -0.15) is 0 Å². The van der Waals surface area contributed by atoms with Crippen molar-refractivity contribution in [2.75, 3.05) is 5.75 Å². The van der Waals surface area contributed by atoms with E-state index in [9.17, 15) is 0 Å². The maximum atomic E-state index is 3.84. The molecule has 0 aromatic carbocycles. The second kappa shape index (κ2) is 3.14. The molecule has 1 radical (unpaired) electrons. The summed E-state index contributed by atoms with van der Waals surface area (Å²) in [7, 11) is 0. The standard InChI is InChI=1S/C6H11SSe/c1-2-6(8)3-5-4-7-5/h5-6,8H,1-4H2. The second-order valence-corrected chi connectivity index (χ2v) is 5.00. The van der Waals surface area contributed by atoms with Crippen LogP contribution in [0.25, 0.3) is 0 Å². The summed E-state index contributed by atoms with van der Waals surface area (Å²) < 4.78 is 0. The van der Waals surface area contributed by atoms with Crippen molar-refractivity contribution in [3.8, 4) is 0 Å². The molecule has 2 heteroatoms. The number of rotatable bonds is 3. The van der Waals surface area contributed by atoms with E-state index in [-0.39, 0.29) is 0 Å². The summed E-state index contributed by atoms with van der Waals surface area (Å²) >= 11 is 4.78. The Morgan fingerprint density at radius 3 is 2.88 bits per heavy atom. The molecule has 1 aliphatic heterocycles. The first-order valence-corrected chi connectivity index (χ1v) is 5.05. The molecule has 0 bridgehead atoms. The van der Waals surface area contributed by atoms with Crippen LogP contribution >= 0.6 is 11.8 Å². The molecule has 1 rings (SSSR count). The van der Waals surface area contributed by atoms with Crippen LogP contribution in [0.2, 0.25) is 4.82 Å². The van der Waals surface area contributed by atoms with Gasteiger partial charge in [0.2, 0.25) is 0 Å². The first kappa shape index (κ1) is 6.98. The quantitative estimate of drug-likeness (QED) is 0.483. The molecule has 0 saturated carbocycles. The van der Waals surface area contributed by atoms with Gasteiger partial charge in [0.1, 0.15) is 0 Å². The fraction of sp³-hybridized carbons (Fsp3) is 0.833. The molecule has 0 aromatic rings. The van der Waals surface area contributed by atoms with Gasteiger partial charge in [-0.1, -0.05) is 0 Å². The molecule has 0 spiro atoms. The van der Waals surface area contributed by atoms with E-state index >= 15 is 0 Å². The third kappa shape index (κ3) is 2.43. The molecule has 0 aromatic heterocycles. The Bertz CT molecular complexity index is 70.9. The summed E-state index contributed by atoms with van der Waals surface area (Å²) in [5, 5.41) is 0.991. The Labute approximate surface area is 63.6 Å². The van der Waals surface area contributed by atoms with Crippen LogP contribution < -0.4 is 0 Å². The van der Waals surface area contributed by atoms with E-state index < -0.39 is 0 Å². The van der Waals surface area contributed by atoms with Gasteiger partial charge in [-0.3, -0.25) is 0 Å². The van der Waals surface area contributed by atoms with Crippen LogP contribution in [0.15, 0.2) is 0 Å².